The number of nitrogens with one attached hydrogen (secondary N) is 1. The number of carbonyl (C=O) groups excluding carboxylic acids is 1. The van der Waals surface area contributed by atoms with Gasteiger partial charge in [-0.15, -0.1) is 0 Å². The number of piperidine rings is 1. The van der Waals surface area contributed by atoms with Gasteiger partial charge in [0.05, 0.1) is 11.0 Å². The van der Waals surface area contributed by atoms with Gasteiger partial charge in [0.1, 0.15) is 5.82 Å². The van der Waals surface area contributed by atoms with Crippen molar-refractivity contribution in [2.24, 2.45) is 5.92 Å². The number of hydrogen-bond donors (Lipinski definition) is 1. The van der Waals surface area contributed by atoms with Crippen molar-refractivity contribution < 1.29 is 4.79 Å². The number of likely N-dealkylation sites (tertiary alicyclic amines) is 1. The van der Waals surface area contributed by atoms with E-state index in [1.165, 1.54) is 11.1 Å². The van der Waals surface area contributed by atoms with E-state index in [0.29, 0.717) is 5.92 Å². The molecule has 1 saturated heterocycles. The predicted molar refractivity (Wildman–Crippen MR) is 109 cm³/mol. The Labute approximate surface area is 160 Å². The van der Waals surface area contributed by atoms with Crippen LogP contribution in [0.2, 0.25) is 0 Å². The van der Waals surface area contributed by atoms with E-state index in [9.17, 15) is 4.79 Å². The Balaban J connectivity index is 1.35. The van der Waals surface area contributed by atoms with Crippen molar-refractivity contribution in [2.45, 2.75) is 33.2 Å². The minimum Gasteiger partial charge on any atom is -0.328 e. The van der Waals surface area contributed by atoms with Gasteiger partial charge in [0.2, 0.25) is 0 Å². The smallest absolute Gasteiger partial charge is 0.321 e. The molecule has 1 aliphatic heterocycles. The molecule has 1 N–H and O–H groups in total. The van der Waals surface area contributed by atoms with Crippen LogP contribution in [0.25, 0.3) is 11.0 Å². The molecule has 5 nitrogen and oxygen atoms in total. The van der Waals surface area contributed by atoms with Gasteiger partial charge in [-0.05, 0) is 56.9 Å². The molecule has 1 aliphatic rings. The third-order valence-electron chi connectivity index (χ3n) is 5.49. The molecule has 140 valence electrons. The van der Waals surface area contributed by atoms with E-state index in [0.717, 1.165) is 49.5 Å². The highest BCUT2D eigenvalue weighted by atomic mass is 16.2. The number of para-hydroxylation sites is 2. The molecule has 0 unspecified atom stereocenters. The van der Waals surface area contributed by atoms with Crippen molar-refractivity contribution in [3.05, 3.63) is 59.9 Å². The Bertz CT molecular complexity index is 937. The number of carbonyl (C=O) groups is 1. The first-order valence-corrected chi connectivity index (χ1v) is 9.64. The summed E-state index contributed by atoms with van der Waals surface area (Å²) in [5.74, 6) is 1.64. The Hall–Kier alpha value is -2.82. The number of rotatable bonds is 3. The third kappa shape index (κ3) is 3.82. The molecule has 2 amide bonds. The number of urea groups is 1. The van der Waals surface area contributed by atoms with E-state index >= 15 is 0 Å². The van der Waals surface area contributed by atoms with Crippen molar-refractivity contribution in [1.29, 1.82) is 0 Å². The van der Waals surface area contributed by atoms with Crippen LogP contribution in [0, 0.1) is 19.8 Å². The number of anilines is 1. The molecule has 2 aromatic carbocycles. The van der Waals surface area contributed by atoms with Crippen molar-refractivity contribution in [1.82, 2.24) is 14.5 Å². The van der Waals surface area contributed by atoms with E-state index in [1.807, 2.05) is 42.2 Å². The van der Waals surface area contributed by atoms with Gasteiger partial charge >= 0.3 is 6.03 Å². The highest BCUT2D eigenvalue weighted by Crippen LogP contribution is 2.24. The van der Waals surface area contributed by atoms with E-state index in [4.69, 9.17) is 0 Å². The number of aromatic nitrogens is 2. The summed E-state index contributed by atoms with van der Waals surface area (Å²) in [5.41, 5.74) is 4.31. The lowest BCUT2D eigenvalue weighted by Gasteiger charge is -2.32. The van der Waals surface area contributed by atoms with Crippen molar-refractivity contribution >= 4 is 22.8 Å². The molecule has 0 bridgehead atoms. The summed E-state index contributed by atoms with van der Waals surface area (Å²) in [6, 6.07) is 16.2. The van der Waals surface area contributed by atoms with E-state index in [2.05, 4.69) is 40.0 Å². The second-order valence-electron chi connectivity index (χ2n) is 7.48. The number of amides is 2. The number of fused-ring (bicyclic) bond motifs is 1. The van der Waals surface area contributed by atoms with Crippen LogP contribution in [0.3, 0.4) is 0 Å². The lowest BCUT2D eigenvalue weighted by atomic mass is 9.97. The summed E-state index contributed by atoms with van der Waals surface area (Å²) in [7, 11) is 0. The Morgan fingerprint density at radius 1 is 1.07 bits per heavy atom. The Morgan fingerprint density at radius 3 is 2.52 bits per heavy atom. The van der Waals surface area contributed by atoms with Gasteiger partial charge in [-0.2, -0.15) is 0 Å². The number of benzene rings is 2. The topological polar surface area (TPSA) is 50.2 Å². The van der Waals surface area contributed by atoms with Gasteiger partial charge in [-0.25, -0.2) is 9.78 Å². The molecule has 1 aromatic heterocycles. The Kier molecular flexibility index (Phi) is 4.84. The molecule has 0 radical (unpaired) electrons. The van der Waals surface area contributed by atoms with Crippen LogP contribution in [0.15, 0.2) is 48.5 Å². The zero-order valence-electron chi connectivity index (χ0n) is 16.0. The first kappa shape index (κ1) is 17.6. The zero-order chi connectivity index (χ0) is 18.8. The van der Waals surface area contributed by atoms with Gasteiger partial charge < -0.3 is 14.8 Å². The average Bonchev–Trinajstić information content (AvgIpc) is 2.99. The van der Waals surface area contributed by atoms with Gasteiger partial charge in [0.15, 0.2) is 0 Å². The summed E-state index contributed by atoms with van der Waals surface area (Å²) in [4.78, 5) is 19.1. The van der Waals surface area contributed by atoms with Gasteiger partial charge in [-0.1, -0.05) is 29.8 Å². The van der Waals surface area contributed by atoms with Crippen LogP contribution in [0.1, 0.15) is 24.2 Å². The molecule has 5 heteroatoms. The molecular formula is C22H26N4O. The number of nitrogens with zero attached hydrogens (tertiary/aromatic N) is 3. The van der Waals surface area contributed by atoms with Crippen LogP contribution in [0.5, 0.6) is 0 Å². The monoisotopic (exact) mass is 362 g/mol. The maximum absolute atomic E-state index is 12.5. The normalized spacial score (nSPS) is 15.3. The number of imidazole rings is 1. The SMILES string of the molecule is Cc1ccc(NC(=O)N2CCC(Cn3c(C)nc4ccccc43)CC2)cc1. The quantitative estimate of drug-likeness (QED) is 0.740. The highest BCUT2D eigenvalue weighted by Gasteiger charge is 2.24. The van der Waals surface area contributed by atoms with Crippen LogP contribution in [-0.2, 0) is 6.54 Å². The molecule has 27 heavy (non-hydrogen) atoms. The molecule has 2 heterocycles. The van der Waals surface area contributed by atoms with Crippen LogP contribution in [-0.4, -0.2) is 33.6 Å². The fourth-order valence-corrected chi connectivity index (χ4v) is 3.84. The molecule has 0 saturated carbocycles. The second kappa shape index (κ2) is 7.43. The Morgan fingerprint density at radius 2 is 1.78 bits per heavy atom. The maximum atomic E-state index is 12.5. The molecular weight excluding hydrogens is 336 g/mol. The van der Waals surface area contributed by atoms with Crippen molar-refractivity contribution in [3.8, 4) is 0 Å². The standard InChI is InChI=1S/C22H26N4O/c1-16-7-9-19(10-8-16)24-22(27)25-13-11-18(12-14-25)15-26-17(2)23-20-5-3-4-6-21(20)26/h3-10,18H,11-15H2,1-2H3,(H,24,27). The molecule has 0 atom stereocenters. The van der Waals surface area contributed by atoms with Gasteiger partial charge in [0.25, 0.3) is 0 Å². The second-order valence-corrected chi connectivity index (χ2v) is 7.48. The molecule has 0 spiro atoms. The van der Waals surface area contributed by atoms with Crippen molar-refractivity contribution in [3.63, 3.8) is 0 Å². The lowest BCUT2D eigenvalue weighted by molar-refractivity contribution is 0.177. The molecule has 1 fully saturated rings. The fraction of sp³-hybridized carbons (Fsp3) is 0.364. The summed E-state index contributed by atoms with van der Waals surface area (Å²) in [6.45, 7) is 6.69. The van der Waals surface area contributed by atoms with Crippen molar-refractivity contribution in [2.75, 3.05) is 18.4 Å². The largest absolute Gasteiger partial charge is 0.328 e. The average molecular weight is 362 g/mol. The summed E-state index contributed by atoms with van der Waals surface area (Å²) in [5, 5.41) is 3.00. The van der Waals surface area contributed by atoms with Gasteiger partial charge in [-0.3, -0.25) is 0 Å². The van der Waals surface area contributed by atoms with Gasteiger partial charge in [0, 0.05) is 25.3 Å². The maximum Gasteiger partial charge on any atom is 0.321 e. The summed E-state index contributed by atoms with van der Waals surface area (Å²) in [6.07, 6.45) is 2.04. The first-order chi connectivity index (χ1) is 13.1. The fourth-order valence-electron chi connectivity index (χ4n) is 3.84. The minimum absolute atomic E-state index is 0.00145. The highest BCUT2D eigenvalue weighted by molar-refractivity contribution is 5.89. The first-order valence-electron chi connectivity index (χ1n) is 9.64. The van der Waals surface area contributed by atoms with Crippen LogP contribution in [0.4, 0.5) is 10.5 Å². The van der Waals surface area contributed by atoms with Crippen LogP contribution < -0.4 is 5.32 Å². The van der Waals surface area contributed by atoms with Crippen LogP contribution >= 0.6 is 0 Å². The molecule has 4 rings (SSSR count). The summed E-state index contributed by atoms with van der Waals surface area (Å²) < 4.78 is 2.32. The van der Waals surface area contributed by atoms with E-state index in [-0.39, 0.29) is 6.03 Å². The van der Waals surface area contributed by atoms with E-state index in [1.54, 1.807) is 0 Å². The molecule has 0 aliphatic carbocycles. The van der Waals surface area contributed by atoms with E-state index < -0.39 is 0 Å². The number of aryl methyl sites for hydroxylation is 2. The summed E-state index contributed by atoms with van der Waals surface area (Å²) >= 11 is 0. The third-order valence-corrected chi connectivity index (χ3v) is 5.49. The number of hydrogen-bond acceptors (Lipinski definition) is 2. The molecule has 3 aromatic rings. The minimum atomic E-state index is 0.00145. The predicted octanol–water partition coefficient (Wildman–Crippen LogP) is 4.60. The zero-order valence-corrected chi connectivity index (χ0v) is 16.0. The lowest BCUT2D eigenvalue weighted by Crippen LogP contribution is -2.41.